The molecule has 2 rings (SSSR count). The van der Waals surface area contributed by atoms with Gasteiger partial charge >= 0.3 is 0 Å². The summed E-state index contributed by atoms with van der Waals surface area (Å²) in [6.07, 6.45) is 0.0325. The minimum atomic E-state index is -4.33. The summed E-state index contributed by atoms with van der Waals surface area (Å²) in [7, 11) is -4.33. The Bertz CT molecular complexity index is 1040. The summed E-state index contributed by atoms with van der Waals surface area (Å²) in [5.74, 6) is -1.11. The van der Waals surface area contributed by atoms with E-state index in [0.717, 1.165) is 12.1 Å². The number of nitrogens with one attached hydrogen (secondary N) is 2. The third-order valence-electron chi connectivity index (χ3n) is 3.95. The summed E-state index contributed by atoms with van der Waals surface area (Å²) in [4.78, 5) is 33.6. The van der Waals surface area contributed by atoms with Crippen molar-refractivity contribution < 1.29 is 22.9 Å². The van der Waals surface area contributed by atoms with Crippen LogP contribution in [0, 0.1) is 17.0 Å². The summed E-state index contributed by atoms with van der Waals surface area (Å²) in [6.45, 7) is 1.56. The maximum atomic E-state index is 12.3. The van der Waals surface area contributed by atoms with Crippen LogP contribution in [0.5, 0.6) is 0 Å². The molecule has 9 nitrogen and oxygen atoms in total. The van der Waals surface area contributed by atoms with E-state index in [1.54, 1.807) is 30.3 Å². The Morgan fingerprint density at radius 2 is 1.83 bits per heavy atom. The zero-order chi connectivity index (χ0) is 21.6. The highest BCUT2D eigenvalue weighted by Crippen LogP contribution is 2.29. The zero-order valence-electron chi connectivity index (χ0n) is 15.3. The normalized spacial score (nSPS) is 11.0. The first kappa shape index (κ1) is 22.3. The van der Waals surface area contributed by atoms with Crippen molar-refractivity contribution in [1.29, 1.82) is 0 Å². The van der Waals surface area contributed by atoms with Gasteiger partial charge < -0.3 is 5.32 Å². The summed E-state index contributed by atoms with van der Waals surface area (Å²) < 4.78 is 26.5. The van der Waals surface area contributed by atoms with Crippen LogP contribution in [0.1, 0.15) is 28.8 Å². The molecule has 0 aliphatic carbocycles. The highest BCUT2D eigenvalue weighted by molar-refractivity contribution is 7.90. The van der Waals surface area contributed by atoms with Gasteiger partial charge in [-0.05, 0) is 31.5 Å². The number of halogens is 1. The Morgan fingerprint density at radius 1 is 1.17 bits per heavy atom. The van der Waals surface area contributed by atoms with E-state index in [9.17, 15) is 28.1 Å². The van der Waals surface area contributed by atoms with Crippen molar-refractivity contribution in [3.63, 3.8) is 0 Å². The van der Waals surface area contributed by atoms with Crippen molar-refractivity contribution in [2.75, 3.05) is 6.54 Å². The summed E-state index contributed by atoms with van der Waals surface area (Å²) >= 11 is 5.87. The van der Waals surface area contributed by atoms with E-state index in [0.29, 0.717) is 5.56 Å². The monoisotopic (exact) mass is 439 g/mol. The molecule has 2 N–H and O–H groups in total. The number of amides is 2. The Morgan fingerprint density at radius 3 is 2.45 bits per heavy atom. The van der Waals surface area contributed by atoms with Gasteiger partial charge in [0.15, 0.2) is 0 Å². The lowest BCUT2D eigenvalue weighted by molar-refractivity contribution is -0.385. The number of carbonyl (C=O) groups excluding carboxylic acids is 2. The van der Waals surface area contributed by atoms with Crippen molar-refractivity contribution >= 4 is 39.1 Å². The van der Waals surface area contributed by atoms with Crippen LogP contribution in [-0.2, 0) is 14.8 Å². The number of nitrogens with zero attached hydrogens (tertiary/aromatic N) is 1. The average molecular weight is 440 g/mol. The predicted molar refractivity (Wildman–Crippen MR) is 106 cm³/mol. The van der Waals surface area contributed by atoms with Crippen LogP contribution >= 0.6 is 11.6 Å². The smallest absolute Gasteiger partial charge is 0.275 e. The van der Waals surface area contributed by atoms with Crippen molar-refractivity contribution in [3.05, 3.63) is 68.7 Å². The second-order valence-corrected chi connectivity index (χ2v) is 8.15. The summed E-state index contributed by atoms with van der Waals surface area (Å²) in [5, 5.41) is 13.6. The van der Waals surface area contributed by atoms with Gasteiger partial charge in [-0.3, -0.25) is 19.7 Å². The molecule has 0 aliphatic heterocycles. The lowest BCUT2D eigenvalue weighted by Gasteiger charge is -2.09. The molecule has 11 heteroatoms. The van der Waals surface area contributed by atoms with Gasteiger partial charge in [-0.1, -0.05) is 29.8 Å². The average Bonchev–Trinajstić information content (AvgIpc) is 2.67. The lowest BCUT2D eigenvalue weighted by Crippen LogP contribution is -2.31. The largest absolute Gasteiger partial charge is 0.352 e. The van der Waals surface area contributed by atoms with Crippen LogP contribution < -0.4 is 10.0 Å². The van der Waals surface area contributed by atoms with Gasteiger partial charge in [0.2, 0.25) is 5.91 Å². The number of rotatable bonds is 8. The van der Waals surface area contributed by atoms with Crippen LogP contribution in [0.4, 0.5) is 5.69 Å². The molecule has 0 aromatic heterocycles. The van der Waals surface area contributed by atoms with Gasteiger partial charge in [-0.25, -0.2) is 13.1 Å². The van der Waals surface area contributed by atoms with Crippen molar-refractivity contribution in [3.8, 4) is 0 Å². The Labute approximate surface area is 172 Å². The highest BCUT2D eigenvalue weighted by atomic mass is 35.5. The number of nitro benzene ring substituents is 1. The number of nitro groups is 1. The fourth-order valence-corrected chi connectivity index (χ4v) is 3.73. The molecule has 0 unspecified atom stereocenters. The molecule has 0 aliphatic rings. The summed E-state index contributed by atoms with van der Waals surface area (Å²) in [5.41, 5.74) is 0.127. The Hall–Kier alpha value is -2.98. The first-order valence-electron chi connectivity index (χ1n) is 8.45. The second-order valence-electron chi connectivity index (χ2n) is 6.06. The van der Waals surface area contributed by atoms with Gasteiger partial charge in [0, 0.05) is 30.2 Å². The van der Waals surface area contributed by atoms with E-state index in [2.05, 4.69) is 5.32 Å². The second kappa shape index (κ2) is 9.48. The van der Waals surface area contributed by atoms with Gasteiger partial charge in [0.25, 0.3) is 21.6 Å². The Balaban J connectivity index is 1.93. The van der Waals surface area contributed by atoms with Crippen LogP contribution in [0.25, 0.3) is 0 Å². The molecule has 0 saturated carbocycles. The fourth-order valence-electron chi connectivity index (χ4n) is 2.39. The number of carbonyl (C=O) groups is 2. The molecule has 0 saturated heterocycles. The topological polar surface area (TPSA) is 135 Å². The van der Waals surface area contributed by atoms with Gasteiger partial charge in [0.1, 0.15) is 0 Å². The number of sulfonamides is 1. The molecule has 2 aromatic rings. The van der Waals surface area contributed by atoms with E-state index in [1.807, 2.05) is 4.72 Å². The maximum absolute atomic E-state index is 12.3. The molecule has 0 fully saturated rings. The number of benzene rings is 2. The van der Waals surface area contributed by atoms with E-state index in [1.165, 1.54) is 6.92 Å². The standard InChI is InChI=1S/C18H18ClN3O6S/c1-12-15(19)10-14(11-16(12)22(25)26)29(27,28)21-17(23)8-5-9-20-18(24)13-6-3-2-4-7-13/h2-4,6-7,10-11H,5,8-9H2,1H3,(H,20,24)(H,21,23). The van der Waals surface area contributed by atoms with E-state index in [4.69, 9.17) is 11.6 Å². The molecule has 0 spiro atoms. The van der Waals surface area contributed by atoms with E-state index >= 15 is 0 Å². The third kappa shape index (κ3) is 6.00. The zero-order valence-corrected chi connectivity index (χ0v) is 16.9. The SMILES string of the molecule is Cc1c(Cl)cc(S(=O)(=O)NC(=O)CCCNC(=O)c2ccccc2)cc1[N+](=O)[O-]. The van der Waals surface area contributed by atoms with Gasteiger partial charge in [0.05, 0.1) is 14.8 Å². The van der Waals surface area contributed by atoms with Gasteiger partial charge in [-0.15, -0.1) is 0 Å². The van der Waals surface area contributed by atoms with Crippen LogP contribution in [0.3, 0.4) is 0 Å². The molecule has 0 bridgehead atoms. The number of hydrogen-bond donors (Lipinski definition) is 2. The van der Waals surface area contributed by atoms with Crippen molar-refractivity contribution in [2.24, 2.45) is 0 Å². The van der Waals surface area contributed by atoms with Crippen LogP contribution in [-0.4, -0.2) is 31.7 Å². The molecule has 2 amide bonds. The molecule has 0 atom stereocenters. The quantitative estimate of drug-likeness (QED) is 0.368. The molecular weight excluding hydrogens is 422 g/mol. The number of hydrogen-bond acceptors (Lipinski definition) is 6. The fraction of sp³-hybridized carbons (Fsp3) is 0.222. The molecule has 154 valence electrons. The van der Waals surface area contributed by atoms with E-state index < -0.39 is 31.4 Å². The first-order chi connectivity index (χ1) is 13.6. The Kier molecular flexibility index (Phi) is 7.29. The first-order valence-corrected chi connectivity index (χ1v) is 10.3. The molecule has 0 radical (unpaired) electrons. The van der Waals surface area contributed by atoms with Crippen molar-refractivity contribution in [2.45, 2.75) is 24.7 Å². The minimum absolute atomic E-state index is 0.101. The van der Waals surface area contributed by atoms with Crippen LogP contribution in [0.2, 0.25) is 5.02 Å². The van der Waals surface area contributed by atoms with Crippen molar-refractivity contribution in [1.82, 2.24) is 10.0 Å². The molecule has 2 aromatic carbocycles. The minimum Gasteiger partial charge on any atom is -0.352 e. The third-order valence-corrected chi connectivity index (χ3v) is 5.69. The lowest BCUT2D eigenvalue weighted by atomic mass is 10.2. The maximum Gasteiger partial charge on any atom is 0.275 e. The molecule has 29 heavy (non-hydrogen) atoms. The molecule has 0 heterocycles. The van der Waals surface area contributed by atoms with Crippen LogP contribution in [0.15, 0.2) is 47.4 Å². The highest BCUT2D eigenvalue weighted by Gasteiger charge is 2.24. The van der Waals surface area contributed by atoms with E-state index in [-0.39, 0.29) is 35.9 Å². The predicted octanol–water partition coefficient (Wildman–Crippen LogP) is 2.57. The molecular formula is C18H18ClN3O6S. The summed E-state index contributed by atoms with van der Waals surface area (Å²) in [6, 6.07) is 10.4. The van der Waals surface area contributed by atoms with Gasteiger partial charge in [-0.2, -0.15) is 0 Å².